The van der Waals surface area contributed by atoms with Crippen LogP contribution in [0.3, 0.4) is 0 Å². The first-order valence-electron chi connectivity index (χ1n) is 7.52. The first-order valence-corrected chi connectivity index (χ1v) is 8.75. The normalized spacial score (nSPS) is 17.7. The third-order valence-electron chi connectivity index (χ3n) is 3.66. The minimum atomic E-state index is -0.323. The number of nitrogens with zero attached hydrogens (tertiary/aromatic N) is 2. The Morgan fingerprint density at radius 1 is 1.43 bits per heavy atom. The van der Waals surface area contributed by atoms with E-state index in [2.05, 4.69) is 42.7 Å². The number of piperidine rings is 1. The van der Waals surface area contributed by atoms with Gasteiger partial charge >= 0.3 is 6.03 Å². The number of carbonyl (C=O) groups is 1. The molecule has 0 spiro atoms. The fourth-order valence-electron chi connectivity index (χ4n) is 2.09. The zero-order valence-electron chi connectivity index (χ0n) is 13.6. The quantitative estimate of drug-likeness (QED) is 0.526. The largest absolute Gasteiger partial charge is 0.357 e. The fourth-order valence-corrected chi connectivity index (χ4v) is 2.29. The lowest BCUT2D eigenvalue weighted by atomic mass is 10.1. The van der Waals surface area contributed by atoms with Crippen molar-refractivity contribution in [2.75, 3.05) is 32.4 Å². The number of likely N-dealkylation sites (tertiary alicyclic amines) is 1. The third kappa shape index (κ3) is 6.46. The molecular formula is C14H29N5OS. The number of nitrogens with two attached hydrogens (primary N) is 1. The van der Waals surface area contributed by atoms with E-state index in [4.69, 9.17) is 5.73 Å². The van der Waals surface area contributed by atoms with Crippen molar-refractivity contribution in [1.29, 1.82) is 0 Å². The van der Waals surface area contributed by atoms with Gasteiger partial charge in [-0.3, -0.25) is 4.99 Å². The van der Waals surface area contributed by atoms with Gasteiger partial charge in [0.2, 0.25) is 0 Å². The molecule has 122 valence electrons. The van der Waals surface area contributed by atoms with Crippen LogP contribution in [-0.4, -0.2) is 60.1 Å². The Morgan fingerprint density at radius 2 is 2.05 bits per heavy atom. The van der Waals surface area contributed by atoms with Crippen molar-refractivity contribution >= 4 is 23.8 Å². The molecule has 0 atom stereocenters. The van der Waals surface area contributed by atoms with E-state index in [0.717, 1.165) is 31.9 Å². The van der Waals surface area contributed by atoms with Crippen molar-refractivity contribution in [2.24, 2.45) is 10.7 Å². The summed E-state index contributed by atoms with van der Waals surface area (Å²) in [5, 5.41) is 6.75. The van der Waals surface area contributed by atoms with Crippen LogP contribution in [0.25, 0.3) is 0 Å². The van der Waals surface area contributed by atoms with Gasteiger partial charge in [-0.05, 0) is 39.9 Å². The molecule has 1 rings (SSSR count). The summed E-state index contributed by atoms with van der Waals surface area (Å²) in [6.07, 6.45) is 3.91. The first kappa shape index (κ1) is 17.9. The number of primary amides is 1. The Labute approximate surface area is 132 Å². The highest BCUT2D eigenvalue weighted by Gasteiger charge is 2.22. The summed E-state index contributed by atoms with van der Waals surface area (Å²) in [6.45, 7) is 9.47. The average molecular weight is 315 g/mol. The molecule has 2 amide bonds. The molecule has 0 unspecified atom stereocenters. The van der Waals surface area contributed by atoms with Crippen LogP contribution in [0.1, 0.15) is 33.6 Å². The van der Waals surface area contributed by atoms with Gasteiger partial charge in [0.15, 0.2) is 5.96 Å². The van der Waals surface area contributed by atoms with Crippen LogP contribution in [0.4, 0.5) is 4.79 Å². The summed E-state index contributed by atoms with van der Waals surface area (Å²) in [5.74, 6) is 0.858. The van der Waals surface area contributed by atoms with Crippen molar-refractivity contribution in [2.45, 2.75) is 44.4 Å². The number of nitrogens with one attached hydrogen (secondary N) is 2. The zero-order valence-corrected chi connectivity index (χ0v) is 14.4. The molecule has 0 aromatic rings. The molecule has 0 saturated carbocycles. The van der Waals surface area contributed by atoms with E-state index in [1.165, 1.54) is 0 Å². The summed E-state index contributed by atoms with van der Waals surface area (Å²) in [5.41, 5.74) is 5.30. The van der Waals surface area contributed by atoms with Crippen LogP contribution in [0, 0.1) is 0 Å². The molecule has 6 nitrogen and oxygen atoms in total. The minimum absolute atomic E-state index is 0.137. The van der Waals surface area contributed by atoms with Gasteiger partial charge in [-0.2, -0.15) is 11.8 Å². The van der Waals surface area contributed by atoms with E-state index in [0.29, 0.717) is 19.1 Å². The molecule has 0 aromatic heterocycles. The second-order valence-electron chi connectivity index (χ2n) is 5.90. The Bertz CT molecular complexity index is 364. The molecule has 1 fully saturated rings. The highest BCUT2D eigenvalue weighted by molar-refractivity contribution is 7.99. The lowest BCUT2D eigenvalue weighted by molar-refractivity contribution is 0.188. The predicted molar refractivity (Wildman–Crippen MR) is 90.9 cm³/mol. The van der Waals surface area contributed by atoms with Crippen molar-refractivity contribution < 1.29 is 4.79 Å². The monoisotopic (exact) mass is 315 g/mol. The minimum Gasteiger partial charge on any atom is -0.357 e. The molecule has 0 aromatic carbocycles. The highest BCUT2D eigenvalue weighted by atomic mass is 32.2. The predicted octanol–water partition coefficient (Wildman–Crippen LogP) is 1.23. The Hall–Kier alpha value is -1.11. The fraction of sp³-hybridized carbons (Fsp3) is 0.857. The van der Waals surface area contributed by atoms with Crippen LogP contribution < -0.4 is 16.4 Å². The van der Waals surface area contributed by atoms with Crippen LogP contribution in [0.5, 0.6) is 0 Å². The number of rotatable bonds is 5. The lowest BCUT2D eigenvalue weighted by Gasteiger charge is -2.32. The molecule has 7 heteroatoms. The van der Waals surface area contributed by atoms with Crippen LogP contribution in [0.15, 0.2) is 4.99 Å². The van der Waals surface area contributed by atoms with E-state index in [9.17, 15) is 4.79 Å². The summed E-state index contributed by atoms with van der Waals surface area (Å²) in [4.78, 5) is 17.5. The number of amides is 2. The summed E-state index contributed by atoms with van der Waals surface area (Å²) >= 11 is 1.82. The Kier molecular flexibility index (Phi) is 7.14. The van der Waals surface area contributed by atoms with Gasteiger partial charge in [-0.1, -0.05) is 0 Å². The van der Waals surface area contributed by atoms with Gasteiger partial charge in [0.05, 0.1) is 6.54 Å². The van der Waals surface area contributed by atoms with Gasteiger partial charge < -0.3 is 21.3 Å². The number of urea groups is 1. The Balaban J connectivity index is 2.51. The molecule has 0 radical (unpaired) electrons. The van der Waals surface area contributed by atoms with Gasteiger partial charge in [-0.25, -0.2) is 4.79 Å². The van der Waals surface area contributed by atoms with E-state index in [-0.39, 0.29) is 10.8 Å². The maximum atomic E-state index is 11.1. The van der Waals surface area contributed by atoms with E-state index >= 15 is 0 Å². The SMILES string of the molecule is CCNC(=NCC(C)(C)SC)NC1CCN(C(N)=O)CC1. The standard InChI is InChI=1S/C14H29N5OS/c1-5-16-13(17-10-14(2,3)21-4)18-11-6-8-19(9-7-11)12(15)20/h11H,5-10H2,1-4H3,(H2,15,20)(H2,16,17,18). The van der Waals surface area contributed by atoms with Gasteiger partial charge in [0.25, 0.3) is 0 Å². The number of guanidine groups is 1. The smallest absolute Gasteiger partial charge is 0.314 e. The summed E-state index contributed by atoms with van der Waals surface area (Å²) < 4.78 is 0.137. The van der Waals surface area contributed by atoms with E-state index in [1.54, 1.807) is 4.90 Å². The van der Waals surface area contributed by atoms with Crippen molar-refractivity contribution in [3.8, 4) is 0 Å². The molecule has 4 N–H and O–H groups in total. The average Bonchev–Trinajstić information content (AvgIpc) is 2.46. The maximum absolute atomic E-state index is 11.1. The zero-order chi connectivity index (χ0) is 15.9. The first-order chi connectivity index (χ1) is 9.88. The second-order valence-corrected chi connectivity index (χ2v) is 7.42. The van der Waals surface area contributed by atoms with Crippen LogP contribution in [-0.2, 0) is 0 Å². The van der Waals surface area contributed by atoms with Crippen molar-refractivity contribution in [3.63, 3.8) is 0 Å². The number of hydrogen-bond acceptors (Lipinski definition) is 3. The van der Waals surface area contributed by atoms with Gasteiger partial charge in [0, 0.05) is 30.4 Å². The number of carbonyl (C=O) groups excluding carboxylic acids is 1. The molecule has 0 bridgehead atoms. The molecule has 0 aliphatic carbocycles. The number of aliphatic imine (C=N–C) groups is 1. The molecule has 1 aliphatic heterocycles. The van der Waals surface area contributed by atoms with Gasteiger partial charge in [-0.15, -0.1) is 0 Å². The molecular weight excluding hydrogens is 286 g/mol. The Morgan fingerprint density at radius 3 is 2.52 bits per heavy atom. The molecule has 1 aliphatic rings. The maximum Gasteiger partial charge on any atom is 0.314 e. The number of thioether (sulfide) groups is 1. The number of hydrogen-bond donors (Lipinski definition) is 3. The van der Waals surface area contributed by atoms with Crippen LogP contribution in [0.2, 0.25) is 0 Å². The topological polar surface area (TPSA) is 82.8 Å². The molecule has 1 saturated heterocycles. The van der Waals surface area contributed by atoms with Crippen molar-refractivity contribution in [1.82, 2.24) is 15.5 Å². The van der Waals surface area contributed by atoms with Gasteiger partial charge in [0.1, 0.15) is 0 Å². The molecule has 1 heterocycles. The molecule has 21 heavy (non-hydrogen) atoms. The second kappa shape index (κ2) is 8.36. The van der Waals surface area contributed by atoms with E-state index < -0.39 is 0 Å². The summed E-state index contributed by atoms with van der Waals surface area (Å²) in [7, 11) is 0. The lowest BCUT2D eigenvalue weighted by Crippen LogP contribution is -2.51. The van der Waals surface area contributed by atoms with Crippen LogP contribution >= 0.6 is 11.8 Å². The third-order valence-corrected chi connectivity index (χ3v) is 4.90. The van der Waals surface area contributed by atoms with E-state index in [1.807, 2.05) is 11.8 Å². The highest BCUT2D eigenvalue weighted by Crippen LogP contribution is 2.21. The van der Waals surface area contributed by atoms with Crippen molar-refractivity contribution in [3.05, 3.63) is 0 Å². The summed E-state index contributed by atoms with van der Waals surface area (Å²) in [6, 6.07) is 0.0199.